The summed E-state index contributed by atoms with van der Waals surface area (Å²) in [5, 5.41) is 6.18. The van der Waals surface area contributed by atoms with Crippen LogP contribution in [0.5, 0.6) is 0 Å². The molecule has 5 heteroatoms. The highest BCUT2D eigenvalue weighted by Gasteiger charge is 2.12. The predicted molar refractivity (Wildman–Crippen MR) is 83.4 cm³/mol. The summed E-state index contributed by atoms with van der Waals surface area (Å²) in [4.78, 5) is 17.6. The number of nitrogens with zero attached hydrogens (tertiary/aromatic N) is 1. The molecule has 20 heavy (non-hydrogen) atoms. The van der Waals surface area contributed by atoms with Crippen LogP contribution < -0.4 is 10.6 Å². The number of hydrogen-bond acceptors (Lipinski definition) is 4. The molecular formula is C15H19N3OS. The lowest BCUT2D eigenvalue weighted by Gasteiger charge is -2.12. The molecule has 0 aliphatic rings. The van der Waals surface area contributed by atoms with Gasteiger partial charge in [0.25, 0.3) is 5.91 Å². The van der Waals surface area contributed by atoms with E-state index in [-0.39, 0.29) is 5.91 Å². The number of carbonyl (C=O) groups is 1. The molecule has 2 aromatic rings. The average molecular weight is 289 g/mol. The molecule has 1 aromatic carbocycles. The minimum absolute atomic E-state index is 0.0613. The molecule has 0 spiro atoms. The Kier molecular flexibility index (Phi) is 4.74. The number of hydrogen-bond donors (Lipinski definition) is 2. The Morgan fingerprint density at radius 1 is 1.35 bits per heavy atom. The van der Waals surface area contributed by atoms with Crippen LogP contribution in [0.15, 0.2) is 23.7 Å². The maximum absolute atomic E-state index is 12.3. The van der Waals surface area contributed by atoms with Gasteiger partial charge in [-0.3, -0.25) is 4.79 Å². The fourth-order valence-electron chi connectivity index (χ4n) is 1.94. The summed E-state index contributed by atoms with van der Waals surface area (Å²) in [6.45, 7) is 7.30. The molecule has 1 heterocycles. The molecule has 1 amide bonds. The van der Waals surface area contributed by atoms with Gasteiger partial charge in [0.05, 0.1) is 23.3 Å². The van der Waals surface area contributed by atoms with E-state index in [1.165, 1.54) is 0 Å². The van der Waals surface area contributed by atoms with Crippen molar-refractivity contribution in [2.75, 3.05) is 11.9 Å². The zero-order chi connectivity index (χ0) is 14.5. The molecule has 0 bridgehead atoms. The van der Waals surface area contributed by atoms with E-state index in [4.69, 9.17) is 0 Å². The van der Waals surface area contributed by atoms with Crippen molar-refractivity contribution in [2.45, 2.75) is 27.3 Å². The second-order valence-corrected chi connectivity index (χ2v) is 5.56. The Bertz CT molecular complexity index is 607. The Hall–Kier alpha value is -1.88. The number of nitrogens with one attached hydrogen (secondary N) is 2. The number of aryl methyl sites for hydroxylation is 2. The minimum atomic E-state index is -0.0613. The third-order valence-corrected chi connectivity index (χ3v) is 3.98. The maximum Gasteiger partial charge on any atom is 0.253 e. The van der Waals surface area contributed by atoms with Crippen molar-refractivity contribution in [1.82, 2.24) is 10.3 Å². The van der Waals surface area contributed by atoms with Crippen molar-refractivity contribution >= 4 is 22.9 Å². The van der Waals surface area contributed by atoms with Gasteiger partial charge in [-0.15, -0.1) is 11.3 Å². The molecule has 0 aliphatic carbocycles. The minimum Gasteiger partial charge on any atom is -0.385 e. The first-order valence-electron chi connectivity index (χ1n) is 6.63. The summed E-state index contributed by atoms with van der Waals surface area (Å²) in [5.41, 5.74) is 5.47. The van der Waals surface area contributed by atoms with Crippen LogP contribution in [-0.4, -0.2) is 17.4 Å². The molecule has 0 saturated heterocycles. The second-order valence-electron chi connectivity index (χ2n) is 4.62. The first-order chi connectivity index (χ1) is 9.61. The quantitative estimate of drug-likeness (QED) is 0.889. The smallest absolute Gasteiger partial charge is 0.253 e. The highest BCUT2D eigenvalue weighted by atomic mass is 32.1. The molecule has 0 saturated carbocycles. The van der Waals surface area contributed by atoms with Crippen molar-refractivity contribution in [3.05, 3.63) is 45.4 Å². The van der Waals surface area contributed by atoms with Gasteiger partial charge in [-0.05, 0) is 38.5 Å². The summed E-state index contributed by atoms with van der Waals surface area (Å²) in [5.74, 6) is -0.0613. The van der Waals surface area contributed by atoms with Crippen molar-refractivity contribution < 1.29 is 4.79 Å². The standard InChI is InChI=1S/C15H19N3OS/c1-4-16-13-7-10(2)5-6-12(13)15(19)17-8-14-11(3)18-9-20-14/h5-7,9,16H,4,8H2,1-3H3,(H,17,19). The number of carbonyl (C=O) groups excluding carboxylic acids is 1. The lowest BCUT2D eigenvalue weighted by atomic mass is 10.1. The van der Waals surface area contributed by atoms with Gasteiger partial charge in [-0.2, -0.15) is 0 Å². The van der Waals surface area contributed by atoms with Crippen LogP contribution in [0.2, 0.25) is 0 Å². The normalized spacial score (nSPS) is 10.3. The molecule has 0 aliphatic heterocycles. The Morgan fingerprint density at radius 3 is 2.80 bits per heavy atom. The average Bonchev–Trinajstić information content (AvgIpc) is 2.82. The number of thiazole rings is 1. The number of anilines is 1. The van der Waals surface area contributed by atoms with Crippen LogP contribution in [0, 0.1) is 13.8 Å². The molecular weight excluding hydrogens is 270 g/mol. The van der Waals surface area contributed by atoms with Crippen LogP contribution in [-0.2, 0) is 6.54 Å². The maximum atomic E-state index is 12.3. The van der Waals surface area contributed by atoms with E-state index in [0.29, 0.717) is 12.1 Å². The zero-order valence-corrected chi connectivity index (χ0v) is 12.8. The largest absolute Gasteiger partial charge is 0.385 e. The van der Waals surface area contributed by atoms with E-state index in [0.717, 1.165) is 28.4 Å². The molecule has 4 nitrogen and oxygen atoms in total. The van der Waals surface area contributed by atoms with Gasteiger partial charge >= 0.3 is 0 Å². The van der Waals surface area contributed by atoms with Crippen LogP contribution in [0.3, 0.4) is 0 Å². The van der Waals surface area contributed by atoms with Gasteiger partial charge in [0.1, 0.15) is 0 Å². The third kappa shape index (κ3) is 3.36. The topological polar surface area (TPSA) is 54.0 Å². The Balaban J connectivity index is 2.11. The number of rotatable bonds is 5. The van der Waals surface area contributed by atoms with E-state index < -0.39 is 0 Å². The summed E-state index contributed by atoms with van der Waals surface area (Å²) in [7, 11) is 0. The summed E-state index contributed by atoms with van der Waals surface area (Å²) >= 11 is 1.56. The first kappa shape index (κ1) is 14.5. The zero-order valence-electron chi connectivity index (χ0n) is 12.0. The van der Waals surface area contributed by atoms with Crippen molar-refractivity contribution in [3.63, 3.8) is 0 Å². The molecule has 0 atom stereocenters. The SMILES string of the molecule is CCNc1cc(C)ccc1C(=O)NCc1scnc1C. The molecule has 2 rings (SSSR count). The van der Waals surface area contributed by atoms with Gasteiger partial charge in [-0.1, -0.05) is 6.07 Å². The molecule has 106 valence electrons. The molecule has 0 unspecified atom stereocenters. The molecule has 1 aromatic heterocycles. The second kappa shape index (κ2) is 6.52. The van der Waals surface area contributed by atoms with E-state index in [1.807, 2.05) is 39.0 Å². The molecule has 0 fully saturated rings. The van der Waals surface area contributed by atoms with Gasteiger partial charge in [0, 0.05) is 17.1 Å². The van der Waals surface area contributed by atoms with Crippen LogP contribution in [0.1, 0.15) is 33.4 Å². The van der Waals surface area contributed by atoms with Gasteiger partial charge in [-0.25, -0.2) is 4.98 Å². The fraction of sp³-hybridized carbons (Fsp3) is 0.333. The third-order valence-electron chi connectivity index (χ3n) is 3.04. The van der Waals surface area contributed by atoms with Crippen LogP contribution in [0.4, 0.5) is 5.69 Å². The summed E-state index contributed by atoms with van der Waals surface area (Å²) in [6.07, 6.45) is 0. The first-order valence-corrected chi connectivity index (χ1v) is 7.51. The van der Waals surface area contributed by atoms with Crippen LogP contribution in [0.25, 0.3) is 0 Å². The van der Waals surface area contributed by atoms with Crippen molar-refractivity contribution in [2.24, 2.45) is 0 Å². The lowest BCUT2D eigenvalue weighted by molar-refractivity contribution is 0.0952. The molecule has 2 N–H and O–H groups in total. The monoisotopic (exact) mass is 289 g/mol. The number of aromatic nitrogens is 1. The number of benzene rings is 1. The Morgan fingerprint density at radius 2 is 2.15 bits per heavy atom. The summed E-state index contributed by atoms with van der Waals surface area (Å²) < 4.78 is 0. The van der Waals surface area contributed by atoms with E-state index >= 15 is 0 Å². The van der Waals surface area contributed by atoms with E-state index in [2.05, 4.69) is 15.6 Å². The van der Waals surface area contributed by atoms with Gasteiger partial charge in [0.2, 0.25) is 0 Å². The highest BCUT2D eigenvalue weighted by Crippen LogP contribution is 2.18. The van der Waals surface area contributed by atoms with Crippen LogP contribution >= 0.6 is 11.3 Å². The van der Waals surface area contributed by atoms with Crippen molar-refractivity contribution in [3.8, 4) is 0 Å². The van der Waals surface area contributed by atoms with Gasteiger partial charge < -0.3 is 10.6 Å². The predicted octanol–water partition coefficient (Wildman–Crippen LogP) is 3.12. The fourth-order valence-corrected chi connectivity index (χ4v) is 2.66. The molecule has 0 radical (unpaired) electrons. The summed E-state index contributed by atoms with van der Waals surface area (Å²) in [6, 6.07) is 5.81. The van der Waals surface area contributed by atoms with Crippen molar-refractivity contribution in [1.29, 1.82) is 0 Å². The lowest BCUT2D eigenvalue weighted by Crippen LogP contribution is -2.24. The van der Waals surface area contributed by atoms with E-state index in [9.17, 15) is 4.79 Å². The van der Waals surface area contributed by atoms with E-state index in [1.54, 1.807) is 16.8 Å². The number of amides is 1. The van der Waals surface area contributed by atoms with Gasteiger partial charge in [0.15, 0.2) is 0 Å². The Labute approximate surface area is 123 Å². The highest BCUT2D eigenvalue weighted by molar-refractivity contribution is 7.09.